The van der Waals surface area contributed by atoms with E-state index in [1.165, 1.54) is 5.56 Å². The van der Waals surface area contributed by atoms with Crippen LogP contribution in [0.4, 0.5) is 0 Å². The van der Waals surface area contributed by atoms with Gasteiger partial charge in [0.15, 0.2) is 0 Å². The SMILES string of the molecule is CC(C)N(Cc1ccc(Cl)c(Cl)c1)C(=O)C1CCN(C(=O)CCc2ccccc2)CC1. The molecule has 2 aromatic carbocycles. The smallest absolute Gasteiger partial charge is 0.226 e. The van der Waals surface area contributed by atoms with Crippen molar-refractivity contribution in [2.45, 2.75) is 52.1 Å². The molecule has 4 nitrogen and oxygen atoms in total. The molecule has 1 aliphatic rings. The van der Waals surface area contributed by atoms with Gasteiger partial charge in [0.1, 0.15) is 0 Å². The van der Waals surface area contributed by atoms with Gasteiger partial charge in [-0.25, -0.2) is 0 Å². The Kier molecular flexibility index (Phi) is 8.39. The number of benzene rings is 2. The molecule has 0 bridgehead atoms. The van der Waals surface area contributed by atoms with Crippen LogP contribution in [0.2, 0.25) is 10.0 Å². The second kappa shape index (κ2) is 11.0. The van der Waals surface area contributed by atoms with Gasteiger partial charge in [0.2, 0.25) is 11.8 Å². The Morgan fingerprint density at radius 1 is 1.00 bits per heavy atom. The Labute approximate surface area is 195 Å². The zero-order chi connectivity index (χ0) is 22.4. The summed E-state index contributed by atoms with van der Waals surface area (Å²) < 4.78 is 0. The molecular weight excluding hydrogens is 431 g/mol. The quantitative estimate of drug-likeness (QED) is 0.539. The molecule has 1 aliphatic heterocycles. The molecule has 0 radical (unpaired) electrons. The third-order valence-electron chi connectivity index (χ3n) is 5.91. The number of carbonyl (C=O) groups excluding carboxylic acids is 2. The van der Waals surface area contributed by atoms with Crippen LogP contribution in [0.1, 0.15) is 44.2 Å². The van der Waals surface area contributed by atoms with Crippen molar-refractivity contribution >= 4 is 35.0 Å². The monoisotopic (exact) mass is 460 g/mol. The van der Waals surface area contributed by atoms with E-state index in [1.54, 1.807) is 6.07 Å². The maximum absolute atomic E-state index is 13.2. The van der Waals surface area contributed by atoms with Crippen LogP contribution in [0.15, 0.2) is 48.5 Å². The third kappa shape index (κ3) is 6.47. The Morgan fingerprint density at radius 2 is 1.68 bits per heavy atom. The third-order valence-corrected chi connectivity index (χ3v) is 6.65. The highest BCUT2D eigenvalue weighted by molar-refractivity contribution is 6.42. The summed E-state index contributed by atoms with van der Waals surface area (Å²) in [6.45, 7) is 5.84. The Bertz CT molecular complexity index is 894. The van der Waals surface area contributed by atoms with E-state index in [0.717, 1.165) is 12.0 Å². The molecule has 166 valence electrons. The maximum Gasteiger partial charge on any atom is 0.226 e. The van der Waals surface area contributed by atoms with Crippen LogP contribution in [0.3, 0.4) is 0 Å². The summed E-state index contributed by atoms with van der Waals surface area (Å²) in [7, 11) is 0. The van der Waals surface area contributed by atoms with Crippen molar-refractivity contribution in [3.63, 3.8) is 0 Å². The molecule has 0 aromatic heterocycles. The van der Waals surface area contributed by atoms with E-state index in [1.807, 2.05) is 66.1 Å². The lowest BCUT2D eigenvalue weighted by Gasteiger charge is -2.36. The minimum Gasteiger partial charge on any atom is -0.343 e. The number of piperidine rings is 1. The van der Waals surface area contributed by atoms with Gasteiger partial charge in [0, 0.05) is 38.0 Å². The van der Waals surface area contributed by atoms with Gasteiger partial charge in [-0.1, -0.05) is 59.6 Å². The van der Waals surface area contributed by atoms with Gasteiger partial charge in [-0.2, -0.15) is 0 Å². The van der Waals surface area contributed by atoms with E-state index in [9.17, 15) is 9.59 Å². The van der Waals surface area contributed by atoms with Gasteiger partial charge in [-0.3, -0.25) is 9.59 Å². The van der Waals surface area contributed by atoms with Gasteiger partial charge in [-0.05, 0) is 56.4 Å². The van der Waals surface area contributed by atoms with Crippen molar-refractivity contribution < 1.29 is 9.59 Å². The van der Waals surface area contributed by atoms with Crippen molar-refractivity contribution in [1.82, 2.24) is 9.80 Å². The predicted octanol–water partition coefficient (Wildman–Crippen LogP) is 5.60. The summed E-state index contributed by atoms with van der Waals surface area (Å²) in [5.74, 6) is 0.270. The van der Waals surface area contributed by atoms with Gasteiger partial charge < -0.3 is 9.80 Å². The standard InChI is InChI=1S/C25H30Cl2N2O2/c1-18(2)29(17-20-8-10-22(26)23(27)16-20)25(31)21-12-14-28(15-13-21)24(30)11-9-19-6-4-3-5-7-19/h3-8,10,16,18,21H,9,11-15,17H2,1-2H3. The second-order valence-corrected chi connectivity index (χ2v) is 9.26. The van der Waals surface area contributed by atoms with Crippen LogP contribution in [0.25, 0.3) is 0 Å². The zero-order valence-electron chi connectivity index (χ0n) is 18.2. The Balaban J connectivity index is 1.53. The summed E-state index contributed by atoms with van der Waals surface area (Å²) in [5, 5.41) is 1.01. The highest BCUT2D eigenvalue weighted by Gasteiger charge is 2.31. The molecule has 0 aliphatic carbocycles. The number of amides is 2. The summed E-state index contributed by atoms with van der Waals surface area (Å²) in [6, 6.07) is 15.6. The topological polar surface area (TPSA) is 40.6 Å². The van der Waals surface area contributed by atoms with Crippen molar-refractivity contribution in [3.05, 3.63) is 69.7 Å². The van der Waals surface area contributed by atoms with Crippen molar-refractivity contribution in [2.24, 2.45) is 5.92 Å². The van der Waals surface area contributed by atoms with E-state index >= 15 is 0 Å². The first-order valence-corrected chi connectivity index (χ1v) is 11.7. The number of rotatable bonds is 7. The number of aryl methyl sites for hydroxylation is 1. The van der Waals surface area contributed by atoms with Crippen LogP contribution in [-0.4, -0.2) is 40.7 Å². The Hall–Kier alpha value is -2.04. The summed E-state index contributed by atoms with van der Waals surface area (Å²) >= 11 is 12.2. The molecule has 6 heteroatoms. The molecule has 2 aromatic rings. The Morgan fingerprint density at radius 3 is 2.29 bits per heavy atom. The zero-order valence-corrected chi connectivity index (χ0v) is 19.7. The number of likely N-dealkylation sites (tertiary alicyclic amines) is 1. The highest BCUT2D eigenvalue weighted by atomic mass is 35.5. The largest absolute Gasteiger partial charge is 0.343 e. The van der Waals surface area contributed by atoms with Crippen molar-refractivity contribution in [1.29, 1.82) is 0 Å². The summed E-state index contributed by atoms with van der Waals surface area (Å²) in [5.41, 5.74) is 2.14. The van der Waals surface area contributed by atoms with Gasteiger partial charge in [-0.15, -0.1) is 0 Å². The van der Waals surface area contributed by atoms with E-state index in [4.69, 9.17) is 23.2 Å². The van der Waals surface area contributed by atoms with Crippen molar-refractivity contribution in [3.8, 4) is 0 Å². The number of halogens is 2. The molecule has 0 unspecified atom stereocenters. The van der Waals surface area contributed by atoms with Crippen LogP contribution >= 0.6 is 23.2 Å². The fraction of sp³-hybridized carbons (Fsp3) is 0.440. The molecule has 2 amide bonds. The maximum atomic E-state index is 13.2. The van der Waals surface area contributed by atoms with Gasteiger partial charge >= 0.3 is 0 Å². The molecule has 0 saturated carbocycles. The van der Waals surface area contributed by atoms with Gasteiger partial charge in [0.05, 0.1) is 10.0 Å². The van der Waals surface area contributed by atoms with E-state index in [0.29, 0.717) is 48.9 Å². The van der Waals surface area contributed by atoms with Crippen LogP contribution in [-0.2, 0) is 22.6 Å². The lowest BCUT2D eigenvalue weighted by molar-refractivity contribution is -0.142. The minimum atomic E-state index is -0.0525. The van der Waals surface area contributed by atoms with Gasteiger partial charge in [0.25, 0.3) is 0 Å². The van der Waals surface area contributed by atoms with E-state index < -0.39 is 0 Å². The van der Waals surface area contributed by atoms with Crippen LogP contribution < -0.4 is 0 Å². The normalized spacial score (nSPS) is 14.7. The molecular formula is C25H30Cl2N2O2. The predicted molar refractivity (Wildman–Crippen MR) is 126 cm³/mol. The molecule has 1 saturated heterocycles. The van der Waals surface area contributed by atoms with Crippen molar-refractivity contribution in [2.75, 3.05) is 13.1 Å². The number of carbonyl (C=O) groups is 2. The second-order valence-electron chi connectivity index (χ2n) is 8.45. The molecule has 31 heavy (non-hydrogen) atoms. The summed E-state index contributed by atoms with van der Waals surface area (Å²) in [4.78, 5) is 29.7. The fourth-order valence-electron chi connectivity index (χ4n) is 4.01. The molecule has 0 N–H and O–H groups in total. The molecule has 0 atom stereocenters. The first kappa shape index (κ1) is 23.6. The van der Waals surface area contributed by atoms with Crippen LogP contribution in [0, 0.1) is 5.92 Å². The molecule has 0 spiro atoms. The lowest BCUT2D eigenvalue weighted by atomic mass is 9.94. The number of nitrogens with zero attached hydrogens (tertiary/aromatic N) is 2. The number of hydrogen-bond acceptors (Lipinski definition) is 2. The van der Waals surface area contributed by atoms with E-state index in [-0.39, 0.29) is 23.8 Å². The minimum absolute atomic E-state index is 0.0525. The van der Waals surface area contributed by atoms with E-state index in [2.05, 4.69) is 0 Å². The first-order valence-electron chi connectivity index (χ1n) is 10.9. The average Bonchev–Trinajstić information content (AvgIpc) is 2.78. The molecule has 1 fully saturated rings. The lowest BCUT2D eigenvalue weighted by Crippen LogP contribution is -2.46. The van der Waals surface area contributed by atoms with Crippen LogP contribution in [0.5, 0.6) is 0 Å². The summed E-state index contributed by atoms with van der Waals surface area (Å²) in [6.07, 6.45) is 2.68. The highest BCUT2D eigenvalue weighted by Crippen LogP contribution is 2.26. The molecule has 1 heterocycles. The average molecular weight is 461 g/mol. The number of hydrogen-bond donors (Lipinski definition) is 0. The molecule has 3 rings (SSSR count). The first-order chi connectivity index (χ1) is 14.8. The fourth-order valence-corrected chi connectivity index (χ4v) is 4.33.